The minimum Gasteiger partial charge on any atom is -0.487 e. The van der Waals surface area contributed by atoms with Gasteiger partial charge in [0.25, 0.3) is 11.8 Å². The van der Waals surface area contributed by atoms with Gasteiger partial charge in [-0.2, -0.15) is 0 Å². The summed E-state index contributed by atoms with van der Waals surface area (Å²) in [6.07, 6.45) is 1.37. The van der Waals surface area contributed by atoms with E-state index in [1.54, 1.807) is 54.6 Å². The van der Waals surface area contributed by atoms with Gasteiger partial charge in [0.15, 0.2) is 0 Å². The molecule has 0 unspecified atom stereocenters. The Balaban J connectivity index is 1.57. The molecule has 0 spiro atoms. The van der Waals surface area contributed by atoms with E-state index in [1.807, 2.05) is 6.92 Å². The Kier molecular flexibility index (Phi) is 7.52. The van der Waals surface area contributed by atoms with Crippen LogP contribution in [0, 0.1) is 6.92 Å². The highest BCUT2D eigenvalue weighted by molar-refractivity contribution is 9.10. The van der Waals surface area contributed by atoms with Gasteiger partial charge in [0.05, 0.1) is 10.7 Å². The zero-order chi connectivity index (χ0) is 25.3. The monoisotopic (exact) mass is 592 g/mol. The van der Waals surface area contributed by atoms with E-state index in [1.165, 1.54) is 6.08 Å². The maximum atomic E-state index is 13.1. The molecular weight excluding hydrogens is 579 g/mol. The maximum absolute atomic E-state index is 13.1. The van der Waals surface area contributed by atoms with E-state index in [-0.39, 0.29) is 17.2 Å². The summed E-state index contributed by atoms with van der Waals surface area (Å²) in [5.41, 5.74) is 2.17. The van der Waals surface area contributed by atoms with Crippen LogP contribution < -0.4 is 15.0 Å². The lowest BCUT2D eigenvalue weighted by Gasteiger charge is -2.26. The number of amides is 4. The van der Waals surface area contributed by atoms with E-state index in [4.69, 9.17) is 39.5 Å². The summed E-state index contributed by atoms with van der Waals surface area (Å²) in [6.45, 7) is 2.00. The van der Waals surface area contributed by atoms with Crippen molar-refractivity contribution >= 4 is 80.3 Å². The summed E-state index contributed by atoms with van der Waals surface area (Å²) in [6, 6.07) is 14.1. The Bertz CT molecular complexity index is 1410. The molecule has 1 aliphatic heterocycles. The molecule has 4 amide bonds. The lowest BCUT2D eigenvalue weighted by molar-refractivity contribution is -0.122. The number of rotatable bonds is 5. The van der Waals surface area contributed by atoms with Crippen LogP contribution in [0.25, 0.3) is 6.08 Å². The quantitative estimate of drug-likeness (QED) is 0.256. The van der Waals surface area contributed by atoms with E-state index in [9.17, 15) is 14.4 Å². The Labute approximate surface area is 224 Å². The molecule has 35 heavy (non-hydrogen) atoms. The molecule has 0 bridgehead atoms. The fourth-order valence-electron chi connectivity index (χ4n) is 3.34. The molecule has 0 atom stereocenters. The lowest BCUT2D eigenvalue weighted by atomic mass is 10.1. The van der Waals surface area contributed by atoms with Crippen molar-refractivity contribution in [3.05, 3.63) is 96.4 Å². The number of nitrogens with zero attached hydrogens (tertiary/aromatic N) is 1. The number of hydrogen-bond acceptors (Lipinski definition) is 4. The number of carbonyl (C=O) groups excluding carboxylic acids is 3. The molecule has 1 N–H and O–H groups in total. The summed E-state index contributed by atoms with van der Waals surface area (Å²) in [7, 11) is 0. The molecule has 6 nitrogen and oxygen atoms in total. The molecule has 0 radical (unpaired) electrons. The van der Waals surface area contributed by atoms with Crippen molar-refractivity contribution in [1.29, 1.82) is 0 Å². The average molecular weight is 595 g/mol. The third-order valence-electron chi connectivity index (χ3n) is 5.17. The molecule has 3 aromatic carbocycles. The number of imide groups is 2. The number of halogens is 4. The van der Waals surface area contributed by atoms with E-state index < -0.39 is 17.8 Å². The zero-order valence-electron chi connectivity index (χ0n) is 18.1. The third kappa shape index (κ3) is 5.54. The van der Waals surface area contributed by atoms with Crippen molar-refractivity contribution in [2.75, 3.05) is 4.90 Å². The van der Waals surface area contributed by atoms with Crippen molar-refractivity contribution in [3.8, 4) is 5.75 Å². The standard InChI is InChI=1S/C25H16BrCl3N2O4/c1-13-8-17(5-6-19(13)26)31-24(33)18(23(32)30-25(31)34)9-14-2-7-22(21(29)10-14)35-12-15-3-4-16(27)11-20(15)28/h2-11H,12H2,1H3,(H,30,32,34)/b18-9-. The number of anilines is 1. The molecule has 1 fully saturated rings. The summed E-state index contributed by atoms with van der Waals surface area (Å²) < 4.78 is 6.58. The van der Waals surface area contributed by atoms with Crippen molar-refractivity contribution in [3.63, 3.8) is 0 Å². The first kappa shape index (κ1) is 25.3. The number of barbiturate groups is 1. The summed E-state index contributed by atoms with van der Waals surface area (Å²) in [4.78, 5) is 38.9. The number of carbonyl (C=O) groups is 3. The summed E-state index contributed by atoms with van der Waals surface area (Å²) in [5, 5.41) is 3.46. The molecular formula is C25H16BrCl3N2O4. The van der Waals surface area contributed by atoms with E-state index in [0.29, 0.717) is 27.0 Å². The Morgan fingerprint density at radius 3 is 2.43 bits per heavy atom. The van der Waals surface area contributed by atoms with Crippen molar-refractivity contribution in [2.45, 2.75) is 13.5 Å². The molecule has 1 heterocycles. The molecule has 0 saturated carbocycles. The first-order valence-corrected chi connectivity index (χ1v) is 12.1. The highest BCUT2D eigenvalue weighted by Gasteiger charge is 2.37. The van der Waals surface area contributed by atoms with E-state index >= 15 is 0 Å². The van der Waals surface area contributed by atoms with Crippen LogP contribution in [0.4, 0.5) is 10.5 Å². The van der Waals surface area contributed by atoms with Gasteiger partial charge in [-0.25, -0.2) is 9.69 Å². The number of ether oxygens (including phenoxy) is 1. The van der Waals surface area contributed by atoms with Gasteiger partial charge >= 0.3 is 6.03 Å². The van der Waals surface area contributed by atoms with Gasteiger partial charge in [0.2, 0.25) is 0 Å². The zero-order valence-corrected chi connectivity index (χ0v) is 21.9. The summed E-state index contributed by atoms with van der Waals surface area (Å²) >= 11 is 21.8. The normalized spacial score (nSPS) is 14.9. The number of aryl methyl sites for hydroxylation is 1. The first-order valence-electron chi connectivity index (χ1n) is 10.2. The van der Waals surface area contributed by atoms with Crippen molar-refractivity contribution in [1.82, 2.24) is 5.32 Å². The molecule has 178 valence electrons. The topological polar surface area (TPSA) is 75.7 Å². The van der Waals surface area contributed by atoms with E-state index in [0.717, 1.165) is 20.5 Å². The van der Waals surface area contributed by atoms with E-state index in [2.05, 4.69) is 21.2 Å². The van der Waals surface area contributed by atoms with Crippen molar-refractivity contribution < 1.29 is 19.1 Å². The fraction of sp³-hybridized carbons (Fsp3) is 0.0800. The second kappa shape index (κ2) is 10.4. The lowest BCUT2D eigenvalue weighted by Crippen LogP contribution is -2.54. The van der Waals surface area contributed by atoms with Crippen LogP contribution in [-0.2, 0) is 16.2 Å². The molecule has 1 aliphatic rings. The second-order valence-electron chi connectivity index (χ2n) is 7.61. The molecule has 1 saturated heterocycles. The fourth-order valence-corrected chi connectivity index (χ4v) is 4.30. The van der Waals surface area contributed by atoms with Gasteiger partial charge in [0, 0.05) is 20.1 Å². The third-order valence-corrected chi connectivity index (χ3v) is 6.94. The highest BCUT2D eigenvalue weighted by atomic mass is 79.9. The molecule has 0 aliphatic carbocycles. The van der Waals surface area contributed by atoms with Crippen LogP contribution in [0.2, 0.25) is 15.1 Å². The Morgan fingerprint density at radius 2 is 1.74 bits per heavy atom. The maximum Gasteiger partial charge on any atom is 0.335 e. The predicted molar refractivity (Wildman–Crippen MR) is 140 cm³/mol. The van der Waals surface area contributed by atoms with Gasteiger partial charge in [-0.3, -0.25) is 14.9 Å². The number of hydrogen-bond donors (Lipinski definition) is 1. The molecule has 10 heteroatoms. The summed E-state index contributed by atoms with van der Waals surface area (Å²) in [5.74, 6) is -1.14. The van der Waals surface area contributed by atoms with Gasteiger partial charge in [0.1, 0.15) is 17.9 Å². The smallest absolute Gasteiger partial charge is 0.335 e. The van der Waals surface area contributed by atoms with Crippen molar-refractivity contribution in [2.24, 2.45) is 0 Å². The van der Waals surface area contributed by atoms with Gasteiger partial charge < -0.3 is 4.74 Å². The van der Waals surface area contributed by atoms with Crippen LogP contribution >= 0.6 is 50.7 Å². The van der Waals surface area contributed by atoms with Crippen LogP contribution in [-0.4, -0.2) is 17.8 Å². The SMILES string of the molecule is Cc1cc(N2C(=O)NC(=O)/C(=C/c3ccc(OCc4ccc(Cl)cc4Cl)c(Cl)c3)C2=O)ccc1Br. The van der Waals surface area contributed by atoms with Crippen LogP contribution in [0.5, 0.6) is 5.75 Å². The van der Waals surface area contributed by atoms with Crippen LogP contribution in [0.15, 0.2) is 64.6 Å². The highest BCUT2D eigenvalue weighted by Crippen LogP contribution is 2.30. The average Bonchev–Trinajstić information content (AvgIpc) is 2.79. The molecule has 3 aromatic rings. The largest absolute Gasteiger partial charge is 0.487 e. The van der Waals surface area contributed by atoms with Gasteiger partial charge in [-0.15, -0.1) is 0 Å². The first-order chi connectivity index (χ1) is 16.6. The second-order valence-corrected chi connectivity index (χ2v) is 9.71. The number of nitrogens with one attached hydrogen (secondary N) is 1. The number of benzene rings is 3. The minimum atomic E-state index is -0.818. The van der Waals surface area contributed by atoms with Crippen LogP contribution in [0.1, 0.15) is 16.7 Å². The minimum absolute atomic E-state index is 0.167. The Hall–Kier alpha value is -2.84. The predicted octanol–water partition coefficient (Wildman–Crippen LogP) is 6.96. The number of urea groups is 1. The van der Waals surface area contributed by atoms with Gasteiger partial charge in [-0.1, -0.05) is 62.9 Å². The molecule has 4 rings (SSSR count). The van der Waals surface area contributed by atoms with Gasteiger partial charge in [-0.05, 0) is 66.6 Å². The van der Waals surface area contributed by atoms with Crippen LogP contribution in [0.3, 0.4) is 0 Å². The Morgan fingerprint density at radius 1 is 0.971 bits per heavy atom. The molecule has 0 aromatic heterocycles.